The molecule has 0 atom stereocenters. The van der Waals surface area contributed by atoms with Crippen molar-refractivity contribution in [2.45, 2.75) is 58.4 Å². The summed E-state index contributed by atoms with van der Waals surface area (Å²) in [5.41, 5.74) is -0.470. The van der Waals surface area contributed by atoms with E-state index in [1.807, 2.05) is 0 Å². The second-order valence-electron chi connectivity index (χ2n) is 4.69. The zero-order valence-electron chi connectivity index (χ0n) is 9.88. The van der Waals surface area contributed by atoms with Gasteiger partial charge in [-0.05, 0) is 25.7 Å². The molecule has 0 saturated heterocycles. The van der Waals surface area contributed by atoms with E-state index in [-0.39, 0.29) is 0 Å². The Hall–Kier alpha value is -0.570. The van der Waals surface area contributed by atoms with Gasteiger partial charge in [0.15, 0.2) is 0 Å². The number of rotatable bonds is 6. The molecule has 1 fully saturated rings. The molecule has 0 unspecified atom stereocenters. The molecule has 0 aliphatic heterocycles. The average molecular weight is 213 g/mol. The highest BCUT2D eigenvalue weighted by atomic mass is 16.4. The molecule has 15 heavy (non-hydrogen) atoms. The molecule has 0 heterocycles. The number of aliphatic carboxylic acids is 1. The lowest BCUT2D eigenvalue weighted by molar-refractivity contribution is -0.148. The zero-order chi connectivity index (χ0) is 11.3. The normalized spacial score (nSPS) is 19.7. The standard InChI is InChI=1S/C12H23NO2/c1-3-10(4-2)13-9-12(11(14)15)7-5-6-8-12/h10,13H,3-9H2,1-2H3,(H,14,15). The smallest absolute Gasteiger partial charge is 0.310 e. The van der Waals surface area contributed by atoms with E-state index in [1.54, 1.807) is 0 Å². The molecular weight excluding hydrogens is 190 g/mol. The Morgan fingerprint density at radius 1 is 1.33 bits per heavy atom. The fourth-order valence-electron chi connectivity index (χ4n) is 2.44. The van der Waals surface area contributed by atoms with E-state index in [0.29, 0.717) is 12.6 Å². The fraction of sp³-hybridized carbons (Fsp3) is 0.917. The number of carboxylic acids is 1. The van der Waals surface area contributed by atoms with Gasteiger partial charge in [0.05, 0.1) is 5.41 Å². The van der Waals surface area contributed by atoms with Gasteiger partial charge in [0.2, 0.25) is 0 Å². The van der Waals surface area contributed by atoms with Crippen molar-refractivity contribution in [3.8, 4) is 0 Å². The first kappa shape index (κ1) is 12.5. The van der Waals surface area contributed by atoms with Crippen LogP contribution < -0.4 is 5.32 Å². The van der Waals surface area contributed by atoms with Crippen LogP contribution in [0.3, 0.4) is 0 Å². The van der Waals surface area contributed by atoms with Crippen LogP contribution in [0.2, 0.25) is 0 Å². The molecule has 0 spiro atoms. The molecule has 0 amide bonds. The van der Waals surface area contributed by atoms with Gasteiger partial charge in [0, 0.05) is 12.6 Å². The summed E-state index contributed by atoms with van der Waals surface area (Å²) < 4.78 is 0. The molecule has 1 aliphatic carbocycles. The first-order valence-electron chi connectivity index (χ1n) is 6.11. The van der Waals surface area contributed by atoms with Crippen molar-refractivity contribution in [1.29, 1.82) is 0 Å². The maximum Gasteiger partial charge on any atom is 0.310 e. The van der Waals surface area contributed by atoms with Crippen LogP contribution >= 0.6 is 0 Å². The third-order valence-corrected chi connectivity index (χ3v) is 3.73. The Labute approximate surface area is 92.3 Å². The predicted octanol–water partition coefficient (Wildman–Crippen LogP) is 2.41. The van der Waals surface area contributed by atoms with Crippen molar-refractivity contribution in [2.24, 2.45) is 5.41 Å². The largest absolute Gasteiger partial charge is 0.481 e. The van der Waals surface area contributed by atoms with E-state index in [2.05, 4.69) is 19.2 Å². The molecule has 0 aromatic rings. The summed E-state index contributed by atoms with van der Waals surface area (Å²) in [5, 5.41) is 12.7. The van der Waals surface area contributed by atoms with Crippen LogP contribution in [0.5, 0.6) is 0 Å². The van der Waals surface area contributed by atoms with E-state index in [0.717, 1.165) is 38.5 Å². The van der Waals surface area contributed by atoms with Crippen LogP contribution in [0.1, 0.15) is 52.4 Å². The lowest BCUT2D eigenvalue weighted by Crippen LogP contribution is -2.42. The topological polar surface area (TPSA) is 49.3 Å². The van der Waals surface area contributed by atoms with Gasteiger partial charge in [-0.1, -0.05) is 26.7 Å². The SMILES string of the molecule is CCC(CC)NCC1(C(=O)O)CCCC1. The van der Waals surface area contributed by atoms with Gasteiger partial charge in [-0.3, -0.25) is 4.79 Å². The first-order chi connectivity index (χ1) is 7.14. The molecule has 0 aromatic heterocycles. The number of carboxylic acid groups (broad SMARTS) is 1. The van der Waals surface area contributed by atoms with E-state index < -0.39 is 11.4 Å². The Morgan fingerprint density at radius 3 is 2.27 bits per heavy atom. The van der Waals surface area contributed by atoms with E-state index in [9.17, 15) is 9.90 Å². The highest BCUT2D eigenvalue weighted by molar-refractivity contribution is 5.75. The van der Waals surface area contributed by atoms with Crippen molar-refractivity contribution >= 4 is 5.97 Å². The predicted molar refractivity (Wildman–Crippen MR) is 60.9 cm³/mol. The maximum absolute atomic E-state index is 11.3. The molecule has 1 aliphatic rings. The molecule has 1 rings (SSSR count). The minimum atomic E-state index is -0.613. The Balaban J connectivity index is 2.49. The minimum absolute atomic E-state index is 0.470. The van der Waals surface area contributed by atoms with Gasteiger partial charge in [-0.25, -0.2) is 0 Å². The van der Waals surface area contributed by atoms with Crippen molar-refractivity contribution in [2.75, 3.05) is 6.54 Å². The Morgan fingerprint density at radius 2 is 1.87 bits per heavy atom. The van der Waals surface area contributed by atoms with Crippen molar-refractivity contribution in [1.82, 2.24) is 5.32 Å². The molecule has 88 valence electrons. The second-order valence-corrected chi connectivity index (χ2v) is 4.69. The quantitative estimate of drug-likeness (QED) is 0.712. The van der Waals surface area contributed by atoms with Gasteiger partial charge >= 0.3 is 5.97 Å². The Kier molecular flexibility index (Phi) is 4.58. The summed E-state index contributed by atoms with van der Waals surface area (Å²) in [5.74, 6) is -0.613. The van der Waals surface area contributed by atoms with E-state index in [4.69, 9.17) is 0 Å². The molecule has 2 N–H and O–H groups in total. The summed E-state index contributed by atoms with van der Waals surface area (Å²) in [6, 6.07) is 0.474. The molecule has 1 saturated carbocycles. The second kappa shape index (κ2) is 5.50. The summed E-state index contributed by atoms with van der Waals surface area (Å²) in [7, 11) is 0. The highest BCUT2D eigenvalue weighted by Gasteiger charge is 2.41. The number of carbonyl (C=O) groups is 1. The van der Waals surface area contributed by atoms with Gasteiger partial charge in [0.25, 0.3) is 0 Å². The zero-order valence-corrected chi connectivity index (χ0v) is 9.88. The molecule has 0 radical (unpaired) electrons. The van der Waals surface area contributed by atoms with E-state index >= 15 is 0 Å². The maximum atomic E-state index is 11.3. The highest BCUT2D eigenvalue weighted by Crippen LogP contribution is 2.37. The number of nitrogens with one attached hydrogen (secondary N) is 1. The summed E-state index contributed by atoms with van der Waals surface area (Å²) >= 11 is 0. The van der Waals surface area contributed by atoms with Crippen LogP contribution in [0.15, 0.2) is 0 Å². The Bertz CT molecular complexity index is 206. The summed E-state index contributed by atoms with van der Waals surface area (Å²) in [6.07, 6.45) is 5.97. The third-order valence-electron chi connectivity index (χ3n) is 3.73. The molecule has 0 aromatic carbocycles. The monoisotopic (exact) mass is 213 g/mol. The number of hydrogen-bond donors (Lipinski definition) is 2. The van der Waals surface area contributed by atoms with Gasteiger partial charge < -0.3 is 10.4 Å². The van der Waals surface area contributed by atoms with Crippen LogP contribution in [-0.2, 0) is 4.79 Å². The minimum Gasteiger partial charge on any atom is -0.481 e. The third kappa shape index (κ3) is 2.94. The van der Waals surface area contributed by atoms with Gasteiger partial charge in [-0.2, -0.15) is 0 Å². The molecule has 3 heteroatoms. The first-order valence-corrected chi connectivity index (χ1v) is 6.11. The van der Waals surface area contributed by atoms with Crippen LogP contribution in [0, 0.1) is 5.41 Å². The molecular formula is C12H23NO2. The van der Waals surface area contributed by atoms with Gasteiger partial charge in [0.1, 0.15) is 0 Å². The van der Waals surface area contributed by atoms with Crippen LogP contribution in [0.4, 0.5) is 0 Å². The van der Waals surface area contributed by atoms with Gasteiger partial charge in [-0.15, -0.1) is 0 Å². The van der Waals surface area contributed by atoms with Crippen molar-refractivity contribution in [3.05, 3.63) is 0 Å². The fourth-order valence-corrected chi connectivity index (χ4v) is 2.44. The van der Waals surface area contributed by atoms with Crippen molar-refractivity contribution in [3.63, 3.8) is 0 Å². The molecule has 0 bridgehead atoms. The average Bonchev–Trinajstić information content (AvgIpc) is 2.69. The van der Waals surface area contributed by atoms with Crippen LogP contribution in [-0.4, -0.2) is 23.7 Å². The van der Waals surface area contributed by atoms with E-state index in [1.165, 1.54) is 0 Å². The lowest BCUT2D eigenvalue weighted by atomic mass is 9.86. The molecule has 3 nitrogen and oxygen atoms in total. The van der Waals surface area contributed by atoms with Crippen LogP contribution in [0.25, 0.3) is 0 Å². The lowest BCUT2D eigenvalue weighted by Gasteiger charge is -2.27. The summed E-state index contributed by atoms with van der Waals surface area (Å²) in [6.45, 7) is 4.93. The van der Waals surface area contributed by atoms with Crippen molar-refractivity contribution < 1.29 is 9.90 Å². The summed E-state index contributed by atoms with van der Waals surface area (Å²) in [4.78, 5) is 11.3. The number of hydrogen-bond acceptors (Lipinski definition) is 2.